The lowest BCUT2D eigenvalue weighted by Gasteiger charge is -2.06. The molecule has 1 heterocycles. The second-order valence-electron chi connectivity index (χ2n) is 4.35. The molecule has 2 amide bonds. The van der Waals surface area contributed by atoms with Gasteiger partial charge in [0.25, 0.3) is 0 Å². The van der Waals surface area contributed by atoms with Crippen molar-refractivity contribution < 1.29 is 14.3 Å². The second kappa shape index (κ2) is 7.16. The first-order valence-corrected chi connectivity index (χ1v) is 6.69. The van der Waals surface area contributed by atoms with Crippen LogP contribution in [-0.4, -0.2) is 35.6 Å². The molecule has 0 unspecified atom stereocenters. The fraction of sp³-hybridized carbons (Fsp3) is 0.200. The number of esters is 1. The van der Waals surface area contributed by atoms with Crippen LogP contribution in [0, 0.1) is 0 Å². The van der Waals surface area contributed by atoms with E-state index in [1.807, 2.05) is 13.0 Å². The van der Waals surface area contributed by atoms with Crippen LogP contribution in [-0.2, 0) is 4.74 Å². The predicted molar refractivity (Wildman–Crippen MR) is 81.5 cm³/mol. The molecule has 0 aliphatic carbocycles. The number of anilines is 1. The highest BCUT2D eigenvalue weighted by Crippen LogP contribution is 2.19. The number of aromatic nitrogens is 2. The number of urea groups is 1. The molecular weight excluding hydrogens is 284 g/mol. The molecule has 7 heteroatoms. The van der Waals surface area contributed by atoms with Gasteiger partial charge in [-0.25, -0.2) is 19.6 Å². The summed E-state index contributed by atoms with van der Waals surface area (Å²) in [5.74, 6) is -0.198. The molecule has 0 aliphatic rings. The third kappa shape index (κ3) is 3.78. The van der Waals surface area contributed by atoms with Crippen molar-refractivity contribution in [3.8, 4) is 11.1 Å². The number of nitrogens with zero attached hydrogens (tertiary/aromatic N) is 2. The highest BCUT2D eigenvalue weighted by Gasteiger charge is 2.08. The monoisotopic (exact) mass is 300 g/mol. The molecule has 7 nitrogen and oxygen atoms in total. The Hall–Kier alpha value is -2.96. The number of hydrogen-bond acceptors (Lipinski definition) is 5. The van der Waals surface area contributed by atoms with E-state index < -0.39 is 5.97 Å². The van der Waals surface area contributed by atoms with E-state index in [2.05, 4.69) is 25.3 Å². The maximum Gasteiger partial charge on any atom is 0.337 e. The van der Waals surface area contributed by atoms with Crippen LogP contribution >= 0.6 is 0 Å². The third-order valence-electron chi connectivity index (χ3n) is 2.83. The average molecular weight is 300 g/mol. The Balaban J connectivity index is 2.16. The van der Waals surface area contributed by atoms with Gasteiger partial charge >= 0.3 is 12.0 Å². The minimum absolute atomic E-state index is 0.207. The fourth-order valence-corrected chi connectivity index (χ4v) is 1.79. The average Bonchev–Trinajstić information content (AvgIpc) is 2.55. The van der Waals surface area contributed by atoms with Crippen molar-refractivity contribution in [2.75, 3.05) is 19.0 Å². The number of ether oxygens (including phenoxy) is 1. The van der Waals surface area contributed by atoms with Gasteiger partial charge in [-0.3, -0.25) is 5.32 Å². The summed E-state index contributed by atoms with van der Waals surface area (Å²) in [6.45, 7) is 2.34. The van der Waals surface area contributed by atoms with E-state index >= 15 is 0 Å². The second-order valence-corrected chi connectivity index (χ2v) is 4.35. The SMILES string of the molecule is CCNC(=O)Nc1ncc(-c2cccc(C(=O)OC)c2)cn1. The summed E-state index contributed by atoms with van der Waals surface area (Å²) in [6.07, 6.45) is 3.15. The number of methoxy groups -OCH3 is 1. The molecule has 0 fully saturated rings. The number of benzene rings is 1. The molecule has 0 radical (unpaired) electrons. The molecular formula is C15H16N4O3. The van der Waals surface area contributed by atoms with Crippen LogP contribution in [0.25, 0.3) is 11.1 Å². The summed E-state index contributed by atoms with van der Waals surface area (Å²) in [4.78, 5) is 31.0. The van der Waals surface area contributed by atoms with Gasteiger partial charge in [-0.1, -0.05) is 12.1 Å². The quantitative estimate of drug-likeness (QED) is 0.843. The molecule has 1 aromatic carbocycles. The first-order valence-electron chi connectivity index (χ1n) is 6.69. The maximum atomic E-state index is 11.5. The van der Waals surface area contributed by atoms with Gasteiger partial charge in [-0.05, 0) is 24.6 Å². The summed E-state index contributed by atoms with van der Waals surface area (Å²) in [7, 11) is 1.33. The van der Waals surface area contributed by atoms with Gasteiger partial charge < -0.3 is 10.1 Å². The van der Waals surface area contributed by atoms with Crippen molar-refractivity contribution in [1.82, 2.24) is 15.3 Å². The van der Waals surface area contributed by atoms with Gasteiger partial charge in [0.1, 0.15) is 0 Å². The normalized spacial score (nSPS) is 9.91. The van der Waals surface area contributed by atoms with Crippen LogP contribution in [0.3, 0.4) is 0 Å². The van der Waals surface area contributed by atoms with E-state index in [0.717, 1.165) is 11.1 Å². The molecule has 0 aliphatic heterocycles. The summed E-state index contributed by atoms with van der Waals surface area (Å²) in [5, 5.41) is 5.10. The number of hydrogen-bond donors (Lipinski definition) is 2. The Morgan fingerprint density at radius 1 is 1.18 bits per heavy atom. The highest BCUT2D eigenvalue weighted by atomic mass is 16.5. The molecule has 0 saturated carbocycles. The standard InChI is InChI=1S/C15H16N4O3/c1-3-16-15(21)19-14-17-8-12(9-18-14)10-5-4-6-11(7-10)13(20)22-2/h4-9H,3H2,1-2H3,(H2,16,17,18,19,21). The summed E-state index contributed by atoms with van der Waals surface area (Å²) in [6, 6.07) is 6.59. The Labute approximate surface area is 127 Å². The zero-order chi connectivity index (χ0) is 15.9. The Morgan fingerprint density at radius 3 is 2.55 bits per heavy atom. The molecule has 0 atom stereocenters. The predicted octanol–water partition coefficient (Wildman–Crippen LogP) is 2.07. The van der Waals surface area contributed by atoms with Crippen molar-refractivity contribution in [2.24, 2.45) is 0 Å². The molecule has 114 valence electrons. The molecule has 0 bridgehead atoms. The zero-order valence-electron chi connectivity index (χ0n) is 12.3. The van der Waals surface area contributed by atoms with Crippen LogP contribution < -0.4 is 10.6 Å². The largest absolute Gasteiger partial charge is 0.465 e. The number of carbonyl (C=O) groups excluding carboxylic acids is 2. The smallest absolute Gasteiger partial charge is 0.337 e. The molecule has 1 aromatic heterocycles. The van der Waals surface area contributed by atoms with Crippen LogP contribution in [0.1, 0.15) is 17.3 Å². The van der Waals surface area contributed by atoms with Gasteiger partial charge in [0.05, 0.1) is 12.7 Å². The van der Waals surface area contributed by atoms with Crippen molar-refractivity contribution in [2.45, 2.75) is 6.92 Å². The zero-order valence-corrected chi connectivity index (χ0v) is 12.3. The third-order valence-corrected chi connectivity index (χ3v) is 2.83. The fourth-order valence-electron chi connectivity index (χ4n) is 1.79. The van der Waals surface area contributed by atoms with Gasteiger partial charge in [0.2, 0.25) is 5.95 Å². The summed E-state index contributed by atoms with van der Waals surface area (Å²) < 4.78 is 4.69. The number of amides is 2. The molecule has 2 aromatic rings. The van der Waals surface area contributed by atoms with E-state index in [-0.39, 0.29) is 12.0 Å². The lowest BCUT2D eigenvalue weighted by Crippen LogP contribution is -2.28. The first kappa shape index (κ1) is 15.4. The Morgan fingerprint density at radius 2 is 1.91 bits per heavy atom. The number of rotatable bonds is 4. The van der Waals surface area contributed by atoms with Crippen LogP contribution in [0.5, 0.6) is 0 Å². The van der Waals surface area contributed by atoms with Crippen molar-refractivity contribution in [1.29, 1.82) is 0 Å². The van der Waals surface area contributed by atoms with Crippen LogP contribution in [0.4, 0.5) is 10.7 Å². The Bertz CT molecular complexity index is 671. The summed E-state index contributed by atoms with van der Waals surface area (Å²) in [5.41, 5.74) is 1.96. The summed E-state index contributed by atoms with van der Waals surface area (Å²) >= 11 is 0. The van der Waals surface area contributed by atoms with E-state index in [4.69, 9.17) is 0 Å². The molecule has 2 N–H and O–H groups in total. The first-order chi connectivity index (χ1) is 10.6. The van der Waals surface area contributed by atoms with Crippen molar-refractivity contribution >= 4 is 17.9 Å². The number of carbonyl (C=O) groups is 2. The molecule has 22 heavy (non-hydrogen) atoms. The van der Waals surface area contributed by atoms with E-state index in [0.29, 0.717) is 12.1 Å². The van der Waals surface area contributed by atoms with E-state index in [9.17, 15) is 9.59 Å². The maximum absolute atomic E-state index is 11.5. The minimum atomic E-state index is -0.405. The van der Waals surface area contributed by atoms with Gasteiger partial charge in [-0.2, -0.15) is 0 Å². The van der Waals surface area contributed by atoms with Crippen LogP contribution in [0.2, 0.25) is 0 Å². The van der Waals surface area contributed by atoms with Gasteiger partial charge in [0, 0.05) is 24.5 Å². The minimum Gasteiger partial charge on any atom is -0.465 e. The topological polar surface area (TPSA) is 93.2 Å². The molecule has 2 rings (SSSR count). The van der Waals surface area contributed by atoms with Crippen LogP contribution in [0.15, 0.2) is 36.7 Å². The van der Waals surface area contributed by atoms with E-state index in [1.54, 1.807) is 30.6 Å². The Kier molecular flexibility index (Phi) is 5.02. The highest BCUT2D eigenvalue weighted by molar-refractivity contribution is 5.91. The molecule has 0 spiro atoms. The van der Waals surface area contributed by atoms with E-state index in [1.165, 1.54) is 7.11 Å². The van der Waals surface area contributed by atoms with Gasteiger partial charge in [-0.15, -0.1) is 0 Å². The molecule has 0 saturated heterocycles. The number of nitrogens with one attached hydrogen (secondary N) is 2. The lowest BCUT2D eigenvalue weighted by molar-refractivity contribution is 0.0600. The van der Waals surface area contributed by atoms with Gasteiger partial charge in [0.15, 0.2) is 0 Å². The van der Waals surface area contributed by atoms with Crippen molar-refractivity contribution in [3.05, 3.63) is 42.2 Å². The van der Waals surface area contributed by atoms with Crippen molar-refractivity contribution in [3.63, 3.8) is 0 Å². The lowest BCUT2D eigenvalue weighted by atomic mass is 10.1.